The molecule has 1 aromatic rings. The summed E-state index contributed by atoms with van der Waals surface area (Å²) in [5.74, 6) is 2.51. The van der Waals surface area contributed by atoms with Crippen molar-refractivity contribution in [2.45, 2.75) is 31.2 Å². The van der Waals surface area contributed by atoms with Gasteiger partial charge in [-0.3, -0.25) is 0 Å². The standard InChI is InChI=1S/C14H19NO2/c1-15-12-7-11(8-12)10-3-4-13-14(9-10)17-6-2-5-16-13/h3-4,9,11-12,15H,2,5-8H2,1H3. The molecule has 0 spiro atoms. The van der Waals surface area contributed by atoms with Crippen LogP contribution in [0.25, 0.3) is 0 Å². The van der Waals surface area contributed by atoms with Gasteiger partial charge in [-0.15, -0.1) is 0 Å². The van der Waals surface area contributed by atoms with E-state index in [1.165, 1.54) is 18.4 Å². The molecule has 92 valence electrons. The van der Waals surface area contributed by atoms with E-state index in [4.69, 9.17) is 9.47 Å². The summed E-state index contributed by atoms with van der Waals surface area (Å²) < 4.78 is 11.4. The molecule has 1 saturated carbocycles. The normalized spacial score (nSPS) is 27.1. The van der Waals surface area contributed by atoms with Crippen molar-refractivity contribution in [3.63, 3.8) is 0 Å². The molecule has 0 radical (unpaired) electrons. The van der Waals surface area contributed by atoms with Gasteiger partial charge in [0.1, 0.15) is 0 Å². The molecule has 3 heteroatoms. The molecule has 1 aliphatic carbocycles. The number of rotatable bonds is 2. The van der Waals surface area contributed by atoms with E-state index in [1.807, 2.05) is 7.05 Å². The molecular formula is C14H19NO2. The molecule has 2 aliphatic rings. The zero-order valence-corrected chi connectivity index (χ0v) is 10.2. The highest BCUT2D eigenvalue weighted by molar-refractivity contribution is 5.44. The quantitative estimate of drug-likeness (QED) is 0.850. The maximum Gasteiger partial charge on any atom is 0.161 e. The van der Waals surface area contributed by atoms with Crippen molar-refractivity contribution < 1.29 is 9.47 Å². The van der Waals surface area contributed by atoms with Crippen molar-refractivity contribution >= 4 is 0 Å². The molecule has 0 aromatic heterocycles. The highest BCUT2D eigenvalue weighted by Crippen LogP contribution is 2.40. The highest BCUT2D eigenvalue weighted by Gasteiger charge is 2.29. The van der Waals surface area contributed by atoms with Crippen LogP contribution in [-0.4, -0.2) is 26.3 Å². The first-order valence-electron chi connectivity index (χ1n) is 6.43. The number of ether oxygens (including phenoxy) is 2. The van der Waals surface area contributed by atoms with Gasteiger partial charge in [-0.1, -0.05) is 6.07 Å². The Morgan fingerprint density at radius 3 is 2.65 bits per heavy atom. The monoisotopic (exact) mass is 233 g/mol. The van der Waals surface area contributed by atoms with E-state index < -0.39 is 0 Å². The molecule has 0 atom stereocenters. The van der Waals surface area contributed by atoms with E-state index in [2.05, 4.69) is 23.5 Å². The summed E-state index contributed by atoms with van der Waals surface area (Å²) in [5.41, 5.74) is 1.39. The van der Waals surface area contributed by atoms with Gasteiger partial charge in [0.2, 0.25) is 0 Å². The van der Waals surface area contributed by atoms with Crippen molar-refractivity contribution in [2.75, 3.05) is 20.3 Å². The molecule has 0 saturated heterocycles. The lowest BCUT2D eigenvalue weighted by atomic mass is 9.76. The largest absolute Gasteiger partial charge is 0.490 e. The molecule has 1 fully saturated rings. The fraction of sp³-hybridized carbons (Fsp3) is 0.571. The molecule has 0 bridgehead atoms. The van der Waals surface area contributed by atoms with Gasteiger partial charge < -0.3 is 14.8 Å². The van der Waals surface area contributed by atoms with Crippen LogP contribution < -0.4 is 14.8 Å². The molecule has 17 heavy (non-hydrogen) atoms. The molecule has 0 unspecified atom stereocenters. The third kappa shape index (κ3) is 2.12. The van der Waals surface area contributed by atoms with E-state index >= 15 is 0 Å². The Bertz CT molecular complexity index is 399. The Kier molecular flexibility index (Phi) is 2.93. The van der Waals surface area contributed by atoms with Crippen LogP contribution in [0.2, 0.25) is 0 Å². The van der Waals surface area contributed by atoms with Crippen LogP contribution >= 0.6 is 0 Å². The van der Waals surface area contributed by atoms with Crippen LogP contribution in [0.5, 0.6) is 11.5 Å². The maximum atomic E-state index is 5.72. The third-order valence-corrected chi connectivity index (χ3v) is 3.79. The van der Waals surface area contributed by atoms with E-state index in [0.717, 1.165) is 31.1 Å². The van der Waals surface area contributed by atoms with E-state index in [0.29, 0.717) is 12.0 Å². The van der Waals surface area contributed by atoms with Gasteiger partial charge >= 0.3 is 0 Å². The molecule has 1 aliphatic heterocycles. The van der Waals surface area contributed by atoms with Gasteiger partial charge in [-0.25, -0.2) is 0 Å². The van der Waals surface area contributed by atoms with Gasteiger partial charge in [0.05, 0.1) is 13.2 Å². The van der Waals surface area contributed by atoms with E-state index in [9.17, 15) is 0 Å². The Labute approximate surface area is 102 Å². The average Bonchev–Trinajstić information content (AvgIpc) is 2.52. The van der Waals surface area contributed by atoms with Crippen molar-refractivity contribution in [1.82, 2.24) is 5.32 Å². The topological polar surface area (TPSA) is 30.5 Å². The predicted octanol–water partition coefficient (Wildman–Crippen LogP) is 2.31. The lowest BCUT2D eigenvalue weighted by molar-refractivity contribution is 0.295. The predicted molar refractivity (Wildman–Crippen MR) is 66.9 cm³/mol. The van der Waals surface area contributed by atoms with Crippen LogP contribution in [0, 0.1) is 0 Å². The Balaban J connectivity index is 1.76. The number of fused-ring (bicyclic) bond motifs is 1. The smallest absolute Gasteiger partial charge is 0.161 e. The average molecular weight is 233 g/mol. The first-order chi connectivity index (χ1) is 8.36. The van der Waals surface area contributed by atoms with Crippen LogP contribution in [-0.2, 0) is 0 Å². The van der Waals surface area contributed by atoms with Gasteiger partial charge in [0.25, 0.3) is 0 Å². The van der Waals surface area contributed by atoms with Gasteiger partial charge in [0, 0.05) is 12.5 Å². The second kappa shape index (κ2) is 4.57. The molecule has 3 rings (SSSR count). The SMILES string of the molecule is CNC1CC(c2ccc3c(c2)OCCCO3)C1. The van der Waals surface area contributed by atoms with Crippen LogP contribution in [0.1, 0.15) is 30.7 Å². The minimum absolute atomic E-state index is 0.685. The van der Waals surface area contributed by atoms with Crippen molar-refractivity contribution in [3.8, 4) is 11.5 Å². The minimum atomic E-state index is 0.685. The van der Waals surface area contributed by atoms with Crippen molar-refractivity contribution in [1.29, 1.82) is 0 Å². The van der Waals surface area contributed by atoms with E-state index in [-0.39, 0.29) is 0 Å². The number of nitrogens with one attached hydrogen (secondary N) is 1. The van der Waals surface area contributed by atoms with Crippen molar-refractivity contribution in [3.05, 3.63) is 23.8 Å². The zero-order chi connectivity index (χ0) is 11.7. The Hall–Kier alpha value is -1.22. The summed E-state index contributed by atoms with van der Waals surface area (Å²) in [6, 6.07) is 7.10. The molecular weight excluding hydrogens is 214 g/mol. The number of hydrogen-bond donors (Lipinski definition) is 1. The lowest BCUT2D eigenvalue weighted by Gasteiger charge is -2.35. The van der Waals surface area contributed by atoms with Crippen molar-refractivity contribution in [2.24, 2.45) is 0 Å². The van der Waals surface area contributed by atoms with Crippen LogP contribution in [0.4, 0.5) is 0 Å². The summed E-state index contributed by atoms with van der Waals surface area (Å²) in [4.78, 5) is 0. The molecule has 1 aromatic carbocycles. The molecule has 1 heterocycles. The second-order valence-corrected chi connectivity index (χ2v) is 4.91. The van der Waals surface area contributed by atoms with Crippen LogP contribution in [0.15, 0.2) is 18.2 Å². The van der Waals surface area contributed by atoms with Gasteiger partial charge in [0.15, 0.2) is 11.5 Å². The summed E-state index contributed by atoms with van der Waals surface area (Å²) >= 11 is 0. The molecule has 1 N–H and O–H groups in total. The summed E-state index contributed by atoms with van der Waals surface area (Å²) in [6.45, 7) is 1.53. The zero-order valence-electron chi connectivity index (χ0n) is 10.2. The first kappa shape index (κ1) is 10.9. The lowest BCUT2D eigenvalue weighted by Crippen LogP contribution is -2.37. The minimum Gasteiger partial charge on any atom is -0.490 e. The number of hydrogen-bond acceptors (Lipinski definition) is 3. The maximum absolute atomic E-state index is 5.72. The Morgan fingerprint density at radius 1 is 1.12 bits per heavy atom. The molecule has 0 amide bonds. The fourth-order valence-corrected chi connectivity index (χ4v) is 2.56. The molecule has 3 nitrogen and oxygen atoms in total. The first-order valence-corrected chi connectivity index (χ1v) is 6.43. The second-order valence-electron chi connectivity index (χ2n) is 4.91. The third-order valence-electron chi connectivity index (χ3n) is 3.79. The summed E-state index contributed by atoms with van der Waals surface area (Å²) in [6.07, 6.45) is 3.43. The van der Waals surface area contributed by atoms with Crippen LogP contribution in [0.3, 0.4) is 0 Å². The van der Waals surface area contributed by atoms with Gasteiger partial charge in [-0.2, -0.15) is 0 Å². The highest BCUT2D eigenvalue weighted by atomic mass is 16.5. The number of benzene rings is 1. The van der Waals surface area contributed by atoms with E-state index in [1.54, 1.807) is 0 Å². The Morgan fingerprint density at radius 2 is 1.88 bits per heavy atom. The fourth-order valence-electron chi connectivity index (χ4n) is 2.56. The summed E-state index contributed by atoms with van der Waals surface area (Å²) in [7, 11) is 2.04. The summed E-state index contributed by atoms with van der Waals surface area (Å²) in [5, 5.41) is 3.32. The van der Waals surface area contributed by atoms with Gasteiger partial charge in [-0.05, 0) is 43.5 Å².